The SMILES string of the molecule is CN(CCCNC(=O)c1ccc(-c2ccc(C(=O)NCCCN(C)CCc3ccc(N=Nc4ccccc4)cc3)cc2)cc1)CCc1ccc(N=Nc2ccccc2)cc1. The van der Waals surface area contributed by atoms with Crippen molar-refractivity contribution in [1.29, 1.82) is 0 Å². The Bertz CT molecular complexity index is 2100. The molecule has 6 aromatic carbocycles. The maximum absolute atomic E-state index is 12.8. The van der Waals surface area contributed by atoms with Crippen LogP contribution in [-0.4, -0.2) is 75.0 Å². The van der Waals surface area contributed by atoms with Crippen molar-refractivity contribution in [3.63, 3.8) is 0 Å². The number of hydrogen-bond donors (Lipinski definition) is 2. The fourth-order valence-electron chi connectivity index (χ4n) is 6.48. The lowest BCUT2D eigenvalue weighted by Crippen LogP contribution is -2.29. The summed E-state index contributed by atoms with van der Waals surface area (Å²) in [5, 5.41) is 23.3. The summed E-state index contributed by atoms with van der Waals surface area (Å²) in [5.41, 5.74) is 9.05. The monoisotopic (exact) mass is 798 g/mol. The normalized spacial score (nSPS) is 11.5. The summed E-state index contributed by atoms with van der Waals surface area (Å²) in [6.07, 6.45) is 3.59. The van der Waals surface area contributed by atoms with E-state index in [2.05, 4.69) is 79.3 Å². The van der Waals surface area contributed by atoms with Crippen LogP contribution in [-0.2, 0) is 12.8 Å². The molecule has 0 saturated heterocycles. The standard InChI is InChI=1S/C50H54N8O2/c1-57(37-31-39-15-27-47(28-16-39)55-53-45-11-5-3-6-12-45)35-9-33-51-49(59)43-23-19-41(20-24-43)42-21-25-44(26-22-42)50(60)52-34-10-36-58(2)38-32-40-17-29-48(30-18-40)56-54-46-13-7-4-8-14-46/h3-8,11-30H,9-10,31-38H2,1-2H3,(H,51,59)(H,52,60). The summed E-state index contributed by atoms with van der Waals surface area (Å²) in [7, 11) is 4.21. The van der Waals surface area contributed by atoms with E-state index in [0.717, 1.165) is 85.7 Å². The van der Waals surface area contributed by atoms with Crippen molar-refractivity contribution in [2.75, 3.05) is 53.4 Å². The molecule has 6 aromatic rings. The molecule has 0 atom stereocenters. The molecule has 2 amide bonds. The Balaban J connectivity index is 0.824. The van der Waals surface area contributed by atoms with Gasteiger partial charge >= 0.3 is 0 Å². The zero-order valence-electron chi connectivity index (χ0n) is 34.6. The van der Waals surface area contributed by atoms with Crippen LogP contribution in [0.2, 0.25) is 0 Å². The predicted octanol–water partition coefficient (Wildman–Crippen LogP) is 10.8. The molecule has 10 nitrogen and oxygen atoms in total. The van der Waals surface area contributed by atoms with Crippen LogP contribution in [0, 0.1) is 0 Å². The number of carbonyl (C=O) groups excluding carboxylic acids is 2. The van der Waals surface area contributed by atoms with Crippen molar-refractivity contribution in [3.05, 3.63) is 180 Å². The van der Waals surface area contributed by atoms with E-state index in [4.69, 9.17) is 0 Å². The Morgan fingerprint density at radius 1 is 0.417 bits per heavy atom. The van der Waals surface area contributed by atoms with E-state index in [1.54, 1.807) is 0 Å². The van der Waals surface area contributed by atoms with E-state index in [9.17, 15) is 9.59 Å². The third kappa shape index (κ3) is 14.3. The van der Waals surface area contributed by atoms with Gasteiger partial charge in [0.1, 0.15) is 0 Å². The quantitative estimate of drug-likeness (QED) is 0.0557. The third-order valence-corrected chi connectivity index (χ3v) is 10.1. The van der Waals surface area contributed by atoms with E-state index >= 15 is 0 Å². The smallest absolute Gasteiger partial charge is 0.251 e. The Kier molecular flexibility index (Phi) is 16.5. The van der Waals surface area contributed by atoms with Crippen LogP contribution in [0.1, 0.15) is 44.7 Å². The van der Waals surface area contributed by atoms with Gasteiger partial charge in [-0.15, -0.1) is 0 Å². The molecule has 2 N–H and O–H groups in total. The van der Waals surface area contributed by atoms with Crippen LogP contribution in [0.5, 0.6) is 0 Å². The molecule has 0 bridgehead atoms. The van der Waals surface area contributed by atoms with Gasteiger partial charge in [0.25, 0.3) is 11.8 Å². The van der Waals surface area contributed by atoms with Gasteiger partial charge in [-0.25, -0.2) is 0 Å². The molecule has 0 fully saturated rings. The molecule has 0 spiro atoms. The molecule has 0 aromatic heterocycles. The van der Waals surface area contributed by atoms with Crippen LogP contribution in [0.25, 0.3) is 11.1 Å². The number of amides is 2. The zero-order chi connectivity index (χ0) is 41.8. The van der Waals surface area contributed by atoms with E-state index in [0.29, 0.717) is 24.2 Å². The number of rotatable bonds is 21. The van der Waals surface area contributed by atoms with Gasteiger partial charge in [-0.2, -0.15) is 20.5 Å². The van der Waals surface area contributed by atoms with E-state index in [1.165, 1.54) is 11.1 Å². The molecule has 0 unspecified atom stereocenters. The molecule has 0 heterocycles. The average molecular weight is 799 g/mol. The minimum Gasteiger partial charge on any atom is -0.352 e. The number of carbonyl (C=O) groups is 2. The number of nitrogens with zero attached hydrogens (tertiary/aromatic N) is 6. The Morgan fingerprint density at radius 2 is 0.750 bits per heavy atom. The van der Waals surface area contributed by atoms with Crippen LogP contribution in [0.15, 0.2) is 178 Å². The second-order valence-corrected chi connectivity index (χ2v) is 14.9. The van der Waals surface area contributed by atoms with Gasteiger partial charge in [-0.3, -0.25) is 9.59 Å². The summed E-state index contributed by atoms with van der Waals surface area (Å²) in [6.45, 7) is 4.83. The van der Waals surface area contributed by atoms with Crippen LogP contribution in [0.4, 0.5) is 22.7 Å². The maximum atomic E-state index is 12.8. The third-order valence-electron chi connectivity index (χ3n) is 10.1. The minimum atomic E-state index is -0.0829. The second-order valence-electron chi connectivity index (χ2n) is 14.9. The van der Waals surface area contributed by atoms with Crippen LogP contribution < -0.4 is 10.6 Å². The molecule has 6 rings (SSSR count). The highest BCUT2D eigenvalue weighted by Gasteiger charge is 2.09. The first-order chi connectivity index (χ1) is 29.4. The number of benzene rings is 6. The molecular weight excluding hydrogens is 745 g/mol. The van der Waals surface area contributed by atoms with Gasteiger partial charge in [0.15, 0.2) is 0 Å². The van der Waals surface area contributed by atoms with Gasteiger partial charge in [0.05, 0.1) is 22.7 Å². The van der Waals surface area contributed by atoms with E-state index in [1.807, 2.05) is 133 Å². The van der Waals surface area contributed by atoms with Crippen molar-refractivity contribution < 1.29 is 9.59 Å². The van der Waals surface area contributed by atoms with Crippen molar-refractivity contribution in [3.8, 4) is 11.1 Å². The van der Waals surface area contributed by atoms with Gasteiger partial charge in [0, 0.05) is 37.3 Å². The van der Waals surface area contributed by atoms with Crippen molar-refractivity contribution in [2.24, 2.45) is 20.5 Å². The second kappa shape index (κ2) is 23.1. The van der Waals surface area contributed by atoms with E-state index in [-0.39, 0.29) is 11.8 Å². The van der Waals surface area contributed by atoms with E-state index < -0.39 is 0 Å². The fourth-order valence-corrected chi connectivity index (χ4v) is 6.48. The molecule has 0 aliphatic carbocycles. The Hall–Kier alpha value is -6.62. The van der Waals surface area contributed by atoms with Crippen molar-refractivity contribution in [1.82, 2.24) is 20.4 Å². The highest BCUT2D eigenvalue weighted by Crippen LogP contribution is 2.22. The largest absolute Gasteiger partial charge is 0.352 e. The predicted molar refractivity (Wildman–Crippen MR) is 242 cm³/mol. The van der Waals surface area contributed by atoms with Gasteiger partial charge in [0.2, 0.25) is 0 Å². The van der Waals surface area contributed by atoms with Crippen molar-refractivity contribution in [2.45, 2.75) is 25.7 Å². The summed E-state index contributed by atoms with van der Waals surface area (Å²) >= 11 is 0. The molecular formula is C50H54N8O2. The number of nitrogens with one attached hydrogen (secondary N) is 2. The first-order valence-electron chi connectivity index (χ1n) is 20.6. The van der Waals surface area contributed by atoms with Gasteiger partial charge < -0.3 is 20.4 Å². The topological polar surface area (TPSA) is 114 Å². The Morgan fingerprint density at radius 3 is 1.10 bits per heavy atom. The first-order valence-corrected chi connectivity index (χ1v) is 20.6. The molecule has 0 aliphatic heterocycles. The number of hydrogen-bond acceptors (Lipinski definition) is 8. The summed E-state index contributed by atoms with van der Waals surface area (Å²) in [5.74, 6) is -0.166. The number of likely N-dealkylation sites (N-methyl/N-ethyl adjacent to an activating group) is 2. The summed E-state index contributed by atoms with van der Waals surface area (Å²) in [4.78, 5) is 30.2. The maximum Gasteiger partial charge on any atom is 0.251 e. The molecule has 0 radical (unpaired) electrons. The van der Waals surface area contributed by atoms with Crippen LogP contribution >= 0.6 is 0 Å². The molecule has 0 saturated carbocycles. The first kappa shape index (κ1) is 43.0. The average Bonchev–Trinajstić information content (AvgIpc) is 3.30. The van der Waals surface area contributed by atoms with Gasteiger partial charge in [-0.05, 0) is 148 Å². The summed E-state index contributed by atoms with van der Waals surface area (Å²) < 4.78 is 0. The fraction of sp³-hybridized carbons (Fsp3) is 0.240. The van der Waals surface area contributed by atoms with Crippen LogP contribution in [0.3, 0.4) is 0 Å². The Labute approximate surface area is 354 Å². The lowest BCUT2D eigenvalue weighted by molar-refractivity contribution is 0.0944. The lowest BCUT2D eigenvalue weighted by atomic mass is 10.0. The molecule has 306 valence electrons. The summed E-state index contributed by atoms with van der Waals surface area (Å²) in [6, 6.07) is 51.0. The number of azo groups is 2. The highest BCUT2D eigenvalue weighted by molar-refractivity contribution is 5.95. The molecule has 10 heteroatoms. The van der Waals surface area contributed by atoms with Gasteiger partial charge in [-0.1, -0.05) is 84.9 Å². The molecule has 0 aliphatic rings. The van der Waals surface area contributed by atoms with Crippen molar-refractivity contribution >= 4 is 34.6 Å². The highest BCUT2D eigenvalue weighted by atomic mass is 16.2. The minimum absolute atomic E-state index is 0.0829. The molecule has 60 heavy (non-hydrogen) atoms. The zero-order valence-corrected chi connectivity index (χ0v) is 34.6. The lowest BCUT2D eigenvalue weighted by Gasteiger charge is -2.17.